The summed E-state index contributed by atoms with van der Waals surface area (Å²) < 4.78 is 1.80. The van der Waals surface area contributed by atoms with Crippen LogP contribution in [-0.4, -0.2) is 32.6 Å². The minimum absolute atomic E-state index is 0.733. The molecule has 2 aromatic heterocycles. The highest BCUT2D eigenvalue weighted by Gasteiger charge is 2.12. The number of rotatable bonds is 2. The predicted octanol–water partition coefficient (Wildman–Crippen LogP) is 1.69. The van der Waals surface area contributed by atoms with Crippen molar-refractivity contribution >= 4 is 11.3 Å². The molecular formula is C13H19N5. The van der Waals surface area contributed by atoms with Gasteiger partial charge in [0.05, 0.1) is 6.54 Å². The van der Waals surface area contributed by atoms with E-state index in [2.05, 4.69) is 15.0 Å². The second-order valence-electron chi connectivity index (χ2n) is 4.98. The summed E-state index contributed by atoms with van der Waals surface area (Å²) in [5.74, 6) is 0.891. The first kappa shape index (κ1) is 11.5. The Kier molecular flexibility index (Phi) is 3.15. The van der Waals surface area contributed by atoms with Gasteiger partial charge in [-0.25, -0.2) is 9.50 Å². The number of pyridine rings is 1. The van der Waals surface area contributed by atoms with Gasteiger partial charge in [0.2, 0.25) is 0 Å². The van der Waals surface area contributed by atoms with Crippen LogP contribution in [0.2, 0.25) is 0 Å². The van der Waals surface area contributed by atoms with Gasteiger partial charge in [0.15, 0.2) is 11.5 Å². The molecule has 0 saturated carbocycles. The van der Waals surface area contributed by atoms with Gasteiger partial charge in [-0.2, -0.15) is 0 Å². The molecule has 0 unspecified atom stereocenters. The van der Waals surface area contributed by atoms with Crippen LogP contribution in [0.25, 0.3) is 5.65 Å². The maximum atomic E-state index is 5.75. The van der Waals surface area contributed by atoms with Crippen LogP contribution in [-0.2, 0) is 6.54 Å². The third-order valence-corrected chi connectivity index (χ3v) is 3.47. The average Bonchev–Trinajstić information content (AvgIpc) is 2.57. The molecule has 1 aliphatic heterocycles. The zero-order valence-electron chi connectivity index (χ0n) is 10.5. The lowest BCUT2D eigenvalue weighted by Gasteiger charge is -2.17. The molecule has 0 atom stereocenters. The minimum Gasteiger partial charge on any atom is -0.399 e. The van der Waals surface area contributed by atoms with Crippen molar-refractivity contribution in [1.29, 1.82) is 0 Å². The van der Waals surface area contributed by atoms with Crippen molar-refractivity contribution in [1.82, 2.24) is 19.5 Å². The molecule has 3 rings (SSSR count). The quantitative estimate of drug-likeness (QED) is 0.874. The van der Waals surface area contributed by atoms with Crippen molar-refractivity contribution in [2.75, 3.05) is 18.8 Å². The monoisotopic (exact) mass is 245 g/mol. The third kappa shape index (κ3) is 2.46. The highest BCUT2D eigenvalue weighted by molar-refractivity contribution is 5.50. The zero-order valence-corrected chi connectivity index (χ0v) is 10.5. The summed E-state index contributed by atoms with van der Waals surface area (Å²) in [6, 6.07) is 3.70. The van der Waals surface area contributed by atoms with E-state index in [9.17, 15) is 0 Å². The molecule has 5 heteroatoms. The fraction of sp³-hybridized carbons (Fsp3) is 0.538. The number of hydrogen-bond acceptors (Lipinski definition) is 4. The van der Waals surface area contributed by atoms with E-state index >= 15 is 0 Å². The molecule has 0 bridgehead atoms. The van der Waals surface area contributed by atoms with Crippen molar-refractivity contribution in [3.63, 3.8) is 0 Å². The summed E-state index contributed by atoms with van der Waals surface area (Å²) in [4.78, 5) is 6.98. The predicted molar refractivity (Wildman–Crippen MR) is 71.1 cm³/mol. The zero-order chi connectivity index (χ0) is 12.4. The number of anilines is 1. The van der Waals surface area contributed by atoms with E-state index in [0.717, 1.165) is 36.8 Å². The largest absolute Gasteiger partial charge is 0.399 e. The normalized spacial score (nSPS) is 18.0. The molecule has 0 aromatic carbocycles. The Balaban J connectivity index is 1.77. The third-order valence-electron chi connectivity index (χ3n) is 3.47. The van der Waals surface area contributed by atoms with E-state index in [4.69, 9.17) is 5.73 Å². The van der Waals surface area contributed by atoms with Crippen LogP contribution in [0.4, 0.5) is 5.69 Å². The average molecular weight is 245 g/mol. The van der Waals surface area contributed by atoms with Crippen LogP contribution in [0, 0.1) is 0 Å². The summed E-state index contributed by atoms with van der Waals surface area (Å²) in [5.41, 5.74) is 7.31. The van der Waals surface area contributed by atoms with Crippen molar-refractivity contribution < 1.29 is 0 Å². The summed E-state index contributed by atoms with van der Waals surface area (Å²) in [6.45, 7) is 3.18. The SMILES string of the molecule is Nc1ccn2nc(CN3CCCCCC3)nc2c1. The molecule has 2 aromatic rings. The van der Waals surface area contributed by atoms with Crippen LogP contribution in [0.1, 0.15) is 31.5 Å². The van der Waals surface area contributed by atoms with Gasteiger partial charge in [-0.05, 0) is 32.0 Å². The lowest BCUT2D eigenvalue weighted by molar-refractivity contribution is 0.270. The first-order chi connectivity index (χ1) is 8.81. The van der Waals surface area contributed by atoms with Crippen molar-refractivity contribution in [3.8, 4) is 0 Å². The summed E-state index contributed by atoms with van der Waals surface area (Å²) in [5, 5.41) is 4.49. The second-order valence-corrected chi connectivity index (χ2v) is 4.98. The molecule has 0 amide bonds. The van der Waals surface area contributed by atoms with Crippen LogP contribution < -0.4 is 5.73 Å². The minimum atomic E-state index is 0.733. The summed E-state index contributed by atoms with van der Waals surface area (Å²) in [6.07, 6.45) is 7.15. The van der Waals surface area contributed by atoms with E-state index in [0.29, 0.717) is 0 Å². The molecule has 0 spiro atoms. The number of nitrogens with zero attached hydrogens (tertiary/aromatic N) is 4. The Labute approximate surface area is 107 Å². The molecule has 96 valence electrons. The Morgan fingerprint density at radius 3 is 2.72 bits per heavy atom. The van der Waals surface area contributed by atoms with Crippen LogP contribution in [0.15, 0.2) is 18.3 Å². The van der Waals surface area contributed by atoms with Gasteiger partial charge in [0.25, 0.3) is 0 Å². The number of nitrogens with two attached hydrogens (primary N) is 1. The van der Waals surface area contributed by atoms with Gasteiger partial charge >= 0.3 is 0 Å². The fourth-order valence-corrected chi connectivity index (χ4v) is 2.50. The second kappa shape index (κ2) is 4.94. The molecule has 2 N–H and O–H groups in total. The Morgan fingerprint density at radius 1 is 1.17 bits per heavy atom. The maximum absolute atomic E-state index is 5.75. The number of aromatic nitrogens is 3. The molecule has 0 radical (unpaired) electrons. The number of likely N-dealkylation sites (tertiary alicyclic amines) is 1. The van der Waals surface area contributed by atoms with Gasteiger partial charge in [-0.1, -0.05) is 12.8 Å². The molecule has 1 aliphatic rings. The molecule has 3 heterocycles. The van der Waals surface area contributed by atoms with Gasteiger partial charge < -0.3 is 5.73 Å². The lowest BCUT2D eigenvalue weighted by Crippen LogP contribution is -2.24. The van der Waals surface area contributed by atoms with Crippen molar-refractivity contribution in [3.05, 3.63) is 24.2 Å². The van der Waals surface area contributed by atoms with E-state index in [1.54, 1.807) is 4.52 Å². The summed E-state index contributed by atoms with van der Waals surface area (Å²) >= 11 is 0. The first-order valence-corrected chi connectivity index (χ1v) is 6.64. The summed E-state index contributed by atoms with van der Waals surface area (Å²) in [7, 11) is 0. The van der Waals surface area contributed by atoms with Crippen molar-refractivity contribution in [2.45, 2.75) is 32.2 Å². The Morgan fingerprint density at radius 2 is 1.94 bits per heavy atom. The number of hydrogen-bond donors (Lipinski definition) is 1. The van der Waals surface area contributed by atoms with Crippen LogP contribution >= 0.6 is 0 Å². The van der Waals surface area contributed by atoms with Gasteiger partial charge in [0.1, 0.15) is 0 Å². The topological polar surface area (TPSA) is 59.5 Å². The van der Waals surface area contributed by atoms with Gasteiger partial charge in [-0.3, -0.25) is 4.90 Å². The van der Waals surface area contributed by atoms with Gasteiger partial charge in [0, 0.05) is 18.0 Å². The Hall–Kier alpha value is -1.62. The Bertz CT molecular complexity index is 525. The molecule has 18 heavy (non-hydrogen) atoms. The van der Waals surface area contributed by atoms with Crippen molar-refractivity contribution in [2.24, 2.45) is 0 Å². The van der Waals surface area contributed by atoms with E-state index in [1.165, 1.54) is 25.7 Å². The smallest absolute Gasteiger partial charge is 0.165 e. The van der Waals surface area contributed by atoms with Crippen LogP contribution in [0.3, 0.4) is 0 Å². The lowest BCUT2D eigenvalue weighted by atomic mass is 10.2. The number of fused-ring (bicyclic) bond motifs is 1. The number of nitrogen functional groups attached to an aromatic ring is 1. The highest BCUT2D eigenvalue weighted by atomic mass is 15.3. The molecule has 0 aliphatic carbocycles. The molecule has 5 nitrogen and oxygen atoms in total. The van der Waals surface area contributed by atoms with E-state index < -0.39 is 0 Å². The molecule has 1 saturated heterocycles. The fourth-order valence-electron chi connectivity index (χ4n) is 2.50. The first-order valence-electron chi connectivity index (χ1n) is 6.64. The van der Waals surface area contributed by atoms with Gasteiger partial charge in [-0.15, -0.1) is 5.10 Å². The van der Waals surface area contributed by atoms with E-state index in [-0.39, 0.29) is 0 Å². The molecular weight excluding hydrogens is 226 g/mol. The van der Waals surface area contributed by atoms with E-state index in [1.807, 2.05) is 18.3 Å². The standard InChI is InChI=1S/C13H19N5/c14-11-5-8-18-13(9-11)15-12(16-18)10-17-6-3-1-2-4-7-17/h5,8-9H,1-4,6-7,10,14H2. The maximum Gasteiger partial charge on any atom is 0.165 e. The molecule has 1 fully saturated rings. The highest BCUT2D eigenvalue weighted by Crippen LogP contribution is 2.13. The van der Waals surface area contributed by atoms with Crippen LogP contribution in [0.5, 0.6) is 0 Å².